The van der Waals surface area contributed by atoms with Crippen LogP contribution in [0.3, 0.4) is 0 Å². The Balaban J connectivity index is 2.21. The molecule has 9 heteroatoms. The summed E-state index contributed by atoms with van der Waals surface area (Å²) in [4.78, 5) is 1.80. The van der Waals surface area contributed by atoms with E-state index in [1.165, 1.54) is 11.3 Å². The maximum Gasteiger partial charge on any atom is 0.310 e. The number of thioether (sulfide) groups is 1. The molecule has 1 N–H and O–H groups in total. The summed E-state index contributed by atoms with van der Waals surface area (Å²) in [5.41, 5.74) is 0. The Morgan fingerprint density at radius 2 is 2.37 bits per heavy atom. The highest BCUT2D eigenvalue weighted by atomic mass is 32.2. The van der Waals surface area contributed by atoms with E-state index in [2.05, 4.69) is 10.2 Å². The molecule has 1 aromatic rings. The summed E-state index contributed by atoms with van der Waals surface area (Å²) in [5.74, 6) is 0.877. The molecule has 1 saturated heterocycles. The first kappa shape index (κ1) is 15.1. The van der Waals surface area contributed by atoms with Gasteiger partial charge in [-0.15, -0.1) is 5.10 Å². The second-order valence-electron chi connectivity index (χ2n) is 4.41. The Labute approximate surface area is 120 Å². The highest BCUT2D eigenvalue weighted by molar-refractivity contribution is 8.01. The fraction of sp³-hybridized carbons (Fsp3) is 0.800. The minimum atomic E-state index is -1.10. The molecule has 1 aliphatic rings. The van der Waals surface area contributed by atoms with Crippen molar-refractivity contribution in [1.82, 2.24) is 19.7 Å². The SMILES string of the molecule is CCSc1nnc([N+]2([O-])CN(C)C(COC)C2O)s1. The lowest BCUT2D eigenvalue weighted by Gasteiger charge is -2.37. The summed E-state index contributed by atoms with van der Waals surface area (Å²) in [6.07, 6.45) is -1.10. The Morgan fingerprint density at radius 3 is 3.00 bits per heavy atom. The molecule has 108 valence electrons. The molecule has 0 amide bonds. The van der Waals surface area contributed by atoms with E-state index in [9.17, 15) is 10.3 Å². The molecule has 1 fully saturated rings. The molecule has 3 unspecified atom stereocenters. The minimum Gasteiger partial charge on any atom is -0.623 e. The number of quaternary nitrogens is 1. The maximum atomic E-state index is 12.8. The average molecular weight is 306 g/mol. The van der Waals surface area contributed by atoms with Gasteiger partial charge >= 0.3 is 5.13 Å². The van der Waals surface area contributed by atoms with E-state index >= 15 is 0 Å². The molecule has 7 nitrogen and oxygen atoms in total. The highest BCUT2D eigenvalue weighted by Crippen LogP contribution is 2.37. The molecule has 0 saturated carbocycles. The van der Waals surface area contributed by atoms with Crippen LogP contribution < -0.4 is 4.65 Å². The zero-order valence-electron chi connectivity index (χ0n) is 11.1. The van der Waals surface area contributed by atoms with Crippen molar-refractivity contribution >= 4 is 28.2 Å². The van der Waals surface area contributed by atoms with Crippen LogP contribution in [0.15, 0.2) is 4.34 Å². The lowest BCUT2D eigenvalue weighted by atomic mass is 10.3. The van der Waals surface area contributed by atoms with Gasteiger partial charge < -0.3 is 15.1 Å². The molecule has 19 heavy (non-hydrogen) atoms. The second kappa shape index (κ2) is 6.00. The van der Waals surface area contributed by atoms with Crippen LogP contribution in [0.2, 0.25) is 0 Å². The van der Waals surface area contributed by atoms with E-state index in [0.29, 0.717) is 11.7 Å². The number of ether oxygens (including phenoxy) is 1. The lowest BCUT2D eigenvalue weighted by molar-refractivity contribution is 0.0228. The van der Waals surface area contributed by atoms with Crippen LogP contribution in [0, 0.1) is 5.21 Å². The van der Waals surface area contributed by atoms with Crippen molar-refractivity contribution in [3.05, 3.63) is 5.21 Å². The van der Waals surface area contributed by atoms with E-state index in [0.717, 1.165) is 10.1 Å². The first-order valence-electron chi connectivity index (χ1n) is 5.95. The van der Waals surface area contributed by atoms with Crippen molar-refractivity contribution in [2.75, 3.05) is 33.2 Å². The smallest absolute Gasteiger partial charge is 0.310 e. The van der Waals surface area contributed by atoms with Crippen LogP contribution in [-0.4, -0.2) is 65.7 Å². The van der Waals surface area contributed by atoms with E-state index in [-0.39, 0.29) is 12.7 Å². The Morgan fingerprint density at radius 1 is 1.63 bits per heavy atom. The van der Waals surface area contributed by atoms with Gasteiger partial charge in [-0.1, -0.05) is 23.8 Å². The summed E-state index contributed by atoms with van der Waals surface area (Å²) < 4.78 is 4.94. The van der Waals surface area contributed by atoms with Crippen molar-refractivity contribution in [1.29, 1.82) is 0 Å². The summed E-state index contributed by atoms with van der Waals surface area (Å²) >= 11 is 2.80. The van der Waals surface area contributed by atoms with Gasteiger partial charge in [-0.3, -0.25) is 4.65 Å². The first-order chi connectivity index (χ1) is 9.02. The van der Waals surface area contributed by atoms with E-state index in [4.69, 9.17) is 4.74 Å². The van der Waals surface area contributed by atoms with Gasteiger partial charge in [0, 0.05) is 7.11 Å². The molecule has 0 aliphatic carbocycles. The standard InChI is InChI=1S/C10H18N4O3S2/c1-4-18-10-12-11-9(19-10)14(16)6-13(2)7(5-17-3)8(14)15/h7-8,15H,4-6H2,1-3H3. The number of rotatable bonds is 5. The fourth-order valence-corrected chi connectivity index (χ4v) is 3.92. The lowest BCUT2D eigenvalue weighted by Crippen LogP contribution is -2.51. The van der Waals surface area contributed by atoms with Crippen molar-refractivity contribution in [2.45, 2.75) is 23.5 Å². The molecule has 0 radical (unpaired) electrons. The van der Waals surface area contributed by atoms with Gasteiger partial charge in [-0.05, 0) is 24.1 Å². The summed E-state index contributed by atoms with van der Waals surface area (Å²) in [5, 5.41) is 31.3. The molecule has 1 aliphatic heterocycles. The third kappa shape index (κ3) is 2.77. The van der Waals surface area contributed by atoms with Crippen molar-refractivity contribution in [2.24, 2.45) is 0 Å². The first-order valence-corrected chi connectivity index (χ1v) is 7.76. The van der Waals surface area contributed by atoms with Crippen molar-refractivity contribution in [3.63, 3.8) is 0 Å². The average Bonchev–Trinajstić information content (AvgIpc) is 2.91. The minimum absolute atomic E-state index is 0.153. The van der Waals surface area contributed by atoms with Gasteiger partial charge in [0.25, 0.3) is 0 Å². The zero-order chi connectivity index (χ0) is 14.0. The Kier molecular flexibility index (Phi) is 4.77. The number of methoxy groups -OCH3 is 1. The van der Waals surface area contributed by atoms with E-state index < -0.39 is 10.9 Å². The zero-order valence-corrected chi connectivity index (χ0v) is 12.8. The summed E-state index contributed by atoms with van der Waals surface area (Å²) in [6.45, 7) is 2.48. The molecular formula is C10H18N4O3S2. The molecule has 0 aromatic carbocycles. The monoisotopic (exact) mass is 306 g/mol. The molecule has 0 spiro atoms. The predicted molar refractivity (Wildman–Crippen MR) is 75.8 cm³/mol. The van der Waals surface area contributed by atoms with E-state index in [1.807, 2.05) is 6.92 Å². The molecule has 2 rings (SSSR count). The quantitative estimate of drug-likeness (QED) is 0.487. The third-order valence-corrected chi connectivity index (χ3v) is 5.15. The summed E-state index contributed by atoms with van der Waals surface area (Å²) in [7, 11) is 3.35. The number of likely N-dealkylation sites (N-methyl/N-ethyl adjacent to an activating group) is 1. The van der Waals surface area contributed by atoms with Gasteiger partial charge in [0.05, 0.1) is 6.61 Å². The fourth-order valence-electron chi connectivity index (χ4n) is 2.12. The van der Waals surface area contributed by atoms with Gasteiger partial charge in [0.2, 0.25) is 6.23 Å². The molecular weight excluding hydrogens is 288 g/mol. The Bertz CT molecular complexity index is 433. The summed E-state index contributed by atoms with van der Waals surface area (Å²) in [6, 6.07) is -0.325. The van der Waals surface area contributed by atoms with Crippen LogP contribution in [-0.2, 0) is 4.74 Å². The van der Waals surface area contributed by atoms with Gasteiger partial charge in [-0.25, -0.2) is 4.90 Å². The van der Waals surface area contributed by atoms with Crippen LogP contribution in [0.25, 0.3) is 0 Å². The normalized spacial score (nSPS) is 32.1. The van der Waals surface area contributed by atoms with Crippen LogP contribution >= 0.6 is 23.1 Å². The van der Waals surface area contributed by atoms with Gasteiger partial charge in [0.1, 0.15) is 12.7 Å². The molecule has 2 heterocycles. The number of hydrogen-bond donors (Lipinski definition) is 1. The number of hydroxylamine groups is 2. The predicted octanol–water partition coefficient (Wildman–Crippen LogP) is 0.691. The highest BCUT2D eigenvalue weighted by Gasteiger charge is 2.48. The largest absolute Gasteiger partial charge is 0.623 e. The van der Waals surface area contributed by atoms with Gasteiger partial charge in [-0.2, -0.15) is 0 Å². The van der Waals surface area contributed by atoms with Crippen LogP contribution in [0.4, 0.5) is 5.13 Å². The van der Waals surface area contributed by atoms with Crippen LogP contribution in [0.5, 0.6) is 0 Å². The maximum absolute atomic E-state index is 12.8. The molecule has 3 atom stereocenters. The number of aromatic nitrogens is 2. The number of aliphatic hydroxyl groups is 1. The Hall–Kier alpha value is -0.290. The van der Waals surface area contributed by atoms with Crippen molar-refractivity contribution < 1.29 is 9.84 Å². The second-order valence-corrected chi connectivity index (χ2v) is 6.88. The van der Waals surface area contributed by atoms with Crippen LogP contribution in [0.1, 0.15) is 6.92 Å². The number of aliphatic hydroxyl groups excluding tert-OH is 1. The topological polar surface area (TPSA) is 81.5 Å². The number of nitrogens with zero attached hydrogens (tertiary/aromatic N) is 4. The number of hydrogen-bond acceptors (Lipinski definition) is 8. The van der Waals surface area contributed by atoms with E-state index in [1.54, 1.807) is 30.8 Å². The van der Waals surface area contributed by atoms with Gasteiger partial charge in [0.15, 0.2) is 4.34 Å². The van der Waals surface area contributed by atoms with Crippen molar-refractivity contribution in [3.8, 4) is 0 Å². The molecule has 1 aromatic heterocycles. The molecule has 0 bridgehead atoms. The third-order valence-electron chi connectivity index (χ3n) is 3.10.